The molecular formula is C7H9FN2O. The summed E-state index contributed by atoms with van der Waals surface area (Å²) in [6.45, 7) is 2.75. The van der Waals surface area contributed by atoms with Crippen LogP contribution in [0.4, 0.5) is 4.39 Å². The molecule has 1 rings (SSSR count). The van der Waals surface area contributed by atoms with Crippen LogP contribution in [-0.4, -0.2) is 16.3 Å². The van der Waals surface area contributed by atoms with Crippen LogP contribution in [0.5, 0.6) is 0 Å². The standard InChI is InChI=1S/C7H9FN2O/c1-7(2,8)6-9-3-5(4-11)10-6/h3-4H,1-2H3,(H,9,10). The molecule has 0 aliphatic carbocycles. The summed E-state index contributed by atoms with van der Waals surface area (Å²) in [4.78, 5) is 16.4. The van der Waals surface area contributed by atoms with Gasteiger partial charge in [-0.05, 0) is 13.8 Å². The fourth-order valence-electron chi connectivity index (χ4n) is 0.697. The Labute approximate surface area is 63.6 Å². The van der Waals surface area contributed by atoms with Crippen molar-refractivity contribution in [3.63, 3.8) is 0 Å². The highest BCUT2D eigenvalue weighted by molar-refractivity contribution is 5.71. The molecule has 0 bridgehead atoms. The van der Waals surface area contributed by atoms with E-state index in [2.05, 4.69) is 9.97 Å². The van der Waals surface area contributed by atoms with Gasteiger partial charge >= 0.3 is 0 Å². The van der Waals surface area contributed by atoms with Gasteiger partial charge in [-0.2, -0.15) is 0 Å². The Bertz CT molecular complexity index is 262. The summed E-state index contributed by atoms with van der Waals surface area (Å²) in [5, 5.41) is 0. The van der Waals surface area contributed by atoms with Gasteiger partial charge in [0.2, 0.25) is 0 Å². The maximum atomic E-state index is 13.1. The maximum absolute atomic E-state index is 13.1. The molecule has 0 fully saturated rings. The molecule has 0 amide bonds. The van der Waals surface area contributed by atoms with Crippen LogP contribution in [0, 0.1) is 0 Å². The fourth-order valence-corrected chi connectivity index (χ4v) is 0.697. The lowest BCUT2D eigenvalue weighted by Crippen LogP contribution is -2.11. The van der Waals surface area contributed by atoms with Crippen LogP contribution in [0.25, 0.3) is 0 Å². The predicted molar refractivity (Wildman–Crippen MR) is 38.1 cm³/mol. The first-order valence-electron chi connectivity index (χ1n) is 3.23. The minimum absolute atomic E-state index is 0.180. The van der Waals surface area contributed by atoms with Crippen molar-refractivity contribution in [2.24, 2.45) is 0 Å². The number of aromatic amines is 1. The average molecular weight is 156 g/mol. The number of aldehydes is 1. The molecule has 0 atom stereocenters. The van der Waals surface area contributed by atoms with Crippen LogP contribution in [0.3, 0.4) is 0 Å². The van der Waals surface area contributed by atoms with Crippen LogP contribution < -0.4 is 0 Å². The minimum atomic E-state index is -1.51. The molecule has 0 saturated carbocycles. The summed E-state index contributed by atoms with van der Waals surface area (Å²) < 4.78 is 13.1. The number of carbonyl (C=O) groups excluding carboxylic acids is 1. The van der Waals surface area contributed by atoms with E-state index in [1.165, 1.54) is 20.0 Å². The Hall–Kier alpha value is -1.19. The Balaban J connectivity index is 2.98. The first-order chi connectivity index (χ1) is 5.04. The van der Waals surface area contributed by atoms with Crippen molar-refractivity contribution in [2.45, 2.75) is 19.5 Å². The highest BCUT2D eigenvalue weighted by Crippen LogP contribution is 2.20. The van der Waals surface area contributed by atoms with Gasteiger partial charge in [0.05, 0.1) is 11.9 Å². The van der Waals surface area contributed by atoms with Crippen molar-refractivity contribution in [2.75, 3.05) is 0 Å². The fraction of sp³-hybridized carbons (Fsp3) is 0.429. The zero-order valence-corrected chi connectivity index (χ0v) is 6.39. The van der Waals surface area contributed by atoms with Crippen molar-refractivity contribution >= 4 is 6.29 Å². The summed E-state index contributed by atoms with van der Waals surface area (Å²) in [6.07, 6.45) is 1.91. The number of imidazole rings is 1. The Morgan fingerprint density at radius 2 is 2.36 bits per heavy atom. The number of rotatable bonds is 2. The van der Waals surface area contributed by atoms with Crippen molar-refractivity contribution < 1.29 is 9.18 Å². The van der Waals surface area contributed by atoms with E-state index in [4.69, 9.17) is 0 Å². The van der Waals surface area contributed by atoms with Crippen LogP contribution in [0.15, 0.2) is 6.20 Å². The van der Waals surface area contributed by atoms with E-state index in [1.807, 2.05) is 0 Å². The van der Waals surface area contributed by atoms with E-state index < -0.39 is 5.67 Å². The summed E-state index contributed by atoms with van der Waals surface area (Å²) in [6, 6.07) is 0. The summed E-state index contributed by atoms with van der Waals surface area (Å²) >= 11 is 0. The van der Waals surface area contributed by atoms with Crippen molar-refractivity contribution in [3.05, 3.63) is 17.7 Å². The molecule has 4 heteroatoms. The molecule has 11 heavy (non-hydrogen) atoms. The highest BCUT2D eigenvalue weighted by atomic mass is 19.1. The second kappa shape index (κ2) is 2.45. The SMILES string of the molecule is CC(C)(F)c1ncc(C=O)[nH]1. The van der Waals surface area contributed by atoms with Gasteiger partial charge in [0.25, 0.3) is 0 Å². The number of halogens is 1. The molecular weight excluding hydrogens is 147 g/mol. The maximum Gasteiger partial charge on any atom is 0.167 e. The molecule has 3 nitrogen and oxygen atoms in total. The van der Waals surface area contributed by atoms with E-state index in [9.17, 15) is 9.18 Å². The smallest absolute Gasteiger partial charge is 0.167 e. The van der Waals surface area contributed by atoms with Crippen LogP contribution >= 0.6 is 0 Å². The first-order valence-corrected chi connectivity index (χ1v) is 3.23. The van der Waals surface area contributed by atoms with E-state index >= 15 is 0 Å². The minimum Gasteiger partial charge on any atom is -0.337 e. The van der Waals surface area contributed by atoms with E-state index in [0.29, 0.717) is 12.0 Å². The van der Waals surface area contributed by atoms with Gasteiger partial charge in [-0.3, -0.25) is 4.79 Å². The predicted octanol–water partition coefficient (Wildman–Crippen LogP) is 1.43. The number of hydrogen-bond acceptors (Lipinski definition) is 2. The van der Waals surface area contributed by atoms with Gasteiger partial charge in [0, 0.05) is 0 Å². The molecule has 0 aromatic carbocycles. The topological polar surface area (TPSA) is 45.8 Å². The largest absolute Gasteiger partial charge is 0.337 e. The average Bonchev–Trinajstić information content (AvgIpc) is 2.32. The number of nitrogens with one attached hydrogen (secondary N) is 1. The first kappa shape index (κ1) is 7.91. The molecule has 1 N–H and O–H groups in total. The van der Waals surface area contributed by atoms with Gasteiger partial charge in [0.15, 0.2) is 12.0 Å². The molecule has 1 aromatic heterocycles. The normalized spacial score (nSPS) is 11.5. The lowest BCUT2D eigenvalue weighted by Gasteiger charge is -2.08. The van der Waals surface area contributed by atoms with E-state index in [1.54, 1.807) is 0 Å². The third kappa shape index (κ3) is 1.63. The highest BCUT2D eigenvalue weighted by Gasteiger charge is 2.22. The van der Waals surface area contributed by atoms with E-state index in [0.717, 1.165) is 0 Å². The van der Waals surface area contributed by atoms with Crippen LogP contribution in [0.2, 0.25) is 0 Å². The van der Waals surface area contributed by atoms with Gasteiger partial charge in [-0.25, -0.2) is 9.37 Å². The monoisotopic (exact) mass is 156 g/mol. The quantitative estimate of drug-likeness (QED) is 0.658. The van der Waals surface area contributed by atoms with Crippen molar-refractivity contribution in [1.29, 1.82) is 0 Å². The number of H-pyrrole nitrogens is 1. The third-order valence-electron chi connectivity index (χ3n) is 1.29. The van der Waals surface area contributed by atoms with Gasteiger partial charge < -0.3 is 4.98 Å². The van der Waals surface area contributed by atoms with Gasteiger partial charge in [-0.1, -0.05) is 0 Å². The number of hydrogen-bond donors (Lipinski definition) is 1. The number of carbonyl (C=O) groups is 1. The van der Waals surface area contributed by atoms with Crippen molar-refractivity contribution in [3.8, 4) is 0 Å². The molecule has 0 radical (unpaired) electrons. The second-order valence-corrected chi connectivity index (χ2v) is 2.78. The zero-order chi connectivity index (χ0) is 8.48. The lowest BCUT2D eigenvalue weighted by molar-refractivity contribution is 0.111. The van der Waals surface area contributed by atoms with Crippen LogP contribution in [-0.2, 0) is 5.67 Å². The van der Waals surface area contributed by atoms with Gasteiger partial charge in [0.1, 0.15) is 5.82 Å². The molecule has 60 valence electrons. The molecule has 0 spiro atoms. The molecule has 0 saturated heterocycles. The van der Waals surface area contributed by atoms with Crippen LogP contribution in [0.1, 0.15) is 30.2 Å². The Morgan fingerprint density at radius 1 is 1.73 bits per heavy atom. The number of nitrogens with zero attached hydrogens (tertiary/aromatic N) is 1. The van der Waals surface area contributed by atoms with E-state index in [-0.39, 0.29) is 5.82 Å². The number of aromatic nitrogens is 2. The molecule has 1 aromatic rings. The van der Waals surface area contributed by atoms with Gasteiger partial charge in [-0.15, -0.1) is 0 Å². The molecule has 0 aliphatic heterocycles. The molecule has 0 unspecified atom stereocenters. The Kier molecular flexibility index (Phi) is 1.76. The second-order valence-electron chi connectivity index (χ2n) is 2.78. The van der Waals surface area contributed by atoms with Crippen molar-refractivity contribution in [1.82, 2.24) is 9.97 Å². The summed E-state index contributed by atoms with van der Waals surface area (Å²) in [7, 11) is 0. The number of alkyl halides is 1. The lowest BCUT2D eigenvalue weighted by atomic mass is 10.2. The molecule has 1 heterocycles. The molecule has 0 aliphatic rings. The summed E-state index contributed by atoms with van der Waals surface area (Å²) in [5.41, 5.74) is -1.22. The third-order valence-corrected chi connectivity index (χ3v) is 1.29. The summed E-state index contributed by atoms with van der Waals surface area (Å²) in [5.74, 6) is 0.180. The Morgan fingerprint density at radius 3 is 2.64 bits per heavy atom. The zero-order valence-electron chi connectivity index (χ0n) is 6.39.